The number of aromatic nitrogens is 1. The highest BCUT2D eigenvalue weighted by molar-refractivity contribution is 5.65. The standard InChI is InChI=1S/C10H12N2O3/c13-9-2-1-7-3-5-12(10(14)15)6-4-8(7)11-9/h1-2H,3-6H2,(H,11,13)(H,14,15). The molecule has 0 spiro atoms. The van der Waals surface area contributed by atoms with E-state index in [9.17, 15) is 9.59 Å². The van der Waals surface area contributed by atoms with Crippen LogP contribution in [0.3, 0.4) is 0 Å². The Balaban J connectivity index is 2.25. The molecule has 15 heavy (non-hydrogen) atoms. The molecule has 1 aromatic rings. The third kappa shape index (κ3) is 2.01. The van der Waals surface area contributed by atoms with Crippen LogP contribution in [0.2, 0.25) is 0 Å². The number of amides is 1. The Labute approximate surface area is 86.3 Å². The monoisotopic (exact) mass is 208 g/mol. The molecule has 0 radical (unpaired) electrons. The van der Waals surface area contributed by atoms with E-state index in [2.05, 4.69) is 4.98 Å². The summed E-state index contributed by atoms with van der Waals surface area (Å²) in [6.07, 6.45) is 0.348. The molecule has 5 heteroatoms. The molecule has 1 aliphatic rings. The third-order valence-electron chi connectivity index (χ3n) is 2.65. The van der Waals surface area contributed by atoms with E-state index in [1.54, 1.807) is 6.07 Å². The minimum atomic E-state index is -0.898. The fraction of sp³-hybridized carbons (Fsp3) is 0.400. The van der Waals surface area contributed by atoms with Gasteiger partial charge in [-0.1, -0.05) is 6.07 Å². The zero-order valence-electron chi connectivity index (χ0n) is 8.19. The largest absolute Gasteiger partial charge is 0.465 e. The normalized spacial score (nSPS) is 15.6. The number of hydrogen-bond donors (Lipinski definition) is 2. The van der Waals surface area contributed by atoms with Crippen LogP contribution in [0.5, 0.6) is 0 Å². The molecule has 80 valence electrons. The Morgan fingerprint density at radius 3 is 2.80 bits per heavy atom. The first-order valence-corrected chi connectivity index (χ1v) is 4.86. The van der Waals surface area contributed by atoms with Crippen LogP contribution in [-0.4, -0.2) is 34.2 Å². The minimum Gasteiger partial charge on any atom is -0.465 e. The quantitative estimate of drug-likeness (QED) is 0.650. The van der Waals surface area contributed by atoms with Crippen molar-refractivity contribution in [1.82, 2.24) is 9.88 Å². The lowest BCUT2D eigenvalue weighted by Crippen LogP contribution is -2.31. The Morgan fingerprint density at radius 2 is 2.07 bits per heavy atom. The second-order valence-corrected chi connectivity index (χ2v) is 3.60. The van der Waals surface area contributed by atoms with Gasteiger partial charge >= 0.3 is 6.09 Å². The topological polar surface area (TPSA) is 73.4 Å². The van der Waals surface area contributed by atoms with Crippen molar-refractivity contribution in [2.75, 3.05) is 13.1 Å². The second-order valence-electron chi connectivity index (χ2n) is 3.60. The van der Waals surface area contributed by atoms with Crippen molar-refractivity contribution in [2.24, 2.45) is 0 Å². The summed E-state index contributed by atoms with van der Waals surface area (Å²) in [6.45, 7) is 0.941. The number of pyridine rings is 1. The summed E-state index contributed by atoms with van der Waals surface area (Å²) in [4.78, 5) is 26.0. The number of carbonyl (C=O) groups is 1. The molecule has 5 nitrogen and oxygen atoms in total. The van der Waals surface area contributed by atoms with E-state index in [-0.39, 0.29) is 5.56 Å². The van der Waals surface area contributed by atoms with E-state index >= 15 is 0 Å². The molecule has 0 saturated carbocycles. The molecule has 2 N–H and O–H groups in total. The average Bonchev–Trinajstić information content (AvgIpc) is 2.39. The van der Waals surface area contributed by atoms with Crippen molar-refractivity contribution in [2.45, 2.75) is 12.8 Å². The lowest BCUT2D eigenvalue weighted by atomic mass is 10.1. The molecular formula is C10H12N2O3. The molecule has 1 amide bonds. The number of rotatable bonds is 0. The smallest absolute Gasteiger partial charge is 0.407 e. The van der Waals surface area contributed by atoms with Crippen LogP contribution in [0.1, 0.15) is 11.3 Å². The molecule has 0 aliphatic carbocycles. The number of aromatic amines is 1. The lowest BCUT2D eigenvalue weighted by molar-refractivity contribution is 0.147. The van der Waals surface area contributed by atoms with E-state index in [1.165, 1.54) is 11.0 Å². The number of nitrogens with zero attached hydrogens (tertiary/aromatic N) is 1. The highest BCUT2D eigenvalue weighted by atomic mass is 16.4. The molecule has 0 unspecified atom stereocenters. The van der Waals surface area contributed by atoms with Crippen molar-refractivity contribution in [3.8, 4) is 0 Å². The summed E-state index contributed by atoms with van der Waals surface area (Å²) < 4.78 is 0. The van der Waals surface area contributed by atoms with Crippen molar-refractivity contribution in [3.63, 3.8) is 0 Å². The predicted molar refractivity (Wildman–Crippen MR) is 54.1 cm³/mol. The van der Waals surface area contributed by atoms with Crippen molar-refractivity contribution in [1.29, 1.82) is 0 Å². The summed E-state index contributed by atoms with van der Waals surface area (Å²) in [5.41, 5.74) is 1.78. The van der Waals surface area contributed by atoms with E-state index in [1.807, 2.05) is 0 Å². The maximum atomic E-state index is 11.1. The first-order valence-electron chi connectivity index (χ1n) is 4.86. The summed E-state index contributed by atoms with van der Waals surface area (Å²) in [5, 5.41) is 8.85. The zero-order chi connectivity index (χ0) is 10.8. The van der Waals surface area contributed by atoms with Gasteiger partial charge in [0.1, 0.15) is 0 Å². The van der Waals surface area contributed by atoms with Crippen molar-refractivity contribution < 1.29 is 9.90 Å². The van der Waals surface area contributed by atoms with Gasteiger partial charge in [-0.25, -0.2) is 4.79 Å². The van der Waals surface area contributed by atoms with Gasteiger partial charge in [-0.2, -0.15) is 0 Å². The first-order chi connectivity index (χ1) is 7.16. The number of nitrogens with one attached hydrogen (secondary N) is 1. The van der Waals surface area contributed by atoms with Crippen LogP contribution < -0.4 is 5.56 Å². The van der Waals surface area contributed by atoms with Crippen LogP contribution in [0.25, 0.3) is 0 Å². The summed E-state index contributed by atoms with van der Waals surface area (Å²) in [7, 11) is 0. The van der Waals surface area contributed by atoms with Gasteiger partial charge in [0.2, 0.25) is 5.56 Å². The van der Waals surface area contributed by atoms with Crippen molar-refractivity contribution in [3.05, 3.63) is 33.7 Å². The Bertz CT molecular complexity index is 439. The molecule has 2 rings (SSSR count). The molecule has 0 atom stereocenters. The van der Waals surface area contributed by atoms with E-state index in [0.29, 0.717) is 25.9 Å². The zero-order valence-corrected chi connectivity index (χ0v) is 8.19. The Morgan fingerprint density at radius 1 is 1.33 bits per heavy atom. The third-order valence-corrected chi connectivity index (χ3v) is 2.65. The van der Waals surface area contributed by atoms with Gasteiger partial charge in [-0.05, 0) is 12.0 Å². The minimum absolute atomic E-state index is 0.127. The summed E-state index contributed by atoms with van der Waals surface area (Å²) in [6, 6.07) is 3.26. The fourth-order valence-electron chi connectivity index (χ4n) is 1.81. The van der Waals surface area contributed by atoms with Crippen LogP contribution >= 0.6 is 0 Å². The molecule has 2 heterocycles. The van der Waals surface area contributed by atoms with Gasteiger partial charge in [0.25, 0.3) is 0 Å². The summed E-state index contributed by atoms with van der Waals surface area (Å²) >= 11 is 0. The van der Waals surface area contributed by atoms with Gasteiger partial charge < -0.3 is 15.0 Å². The average molecular weight is 208 g/mol. The van der Waals surface area contributed by atoms with E-state index in [0.717, 1.165) is 11.3 Å². The number of H-pyrrole nitrogens is 1. The molecule has 0 aromatic carbocycles. The maximum absolute atomic E-state index is 11.1. The fourth-order valence-corrected chi connectivity index (χ4v) is 1.81. The van der Waals surface area contributed by atoms with Crippen LogP contribution in [0.15, 0.2) is 16.9 Å². The van der Waals surface area contributed by atoms with Gasteiger partial charge in [-0.3, -0.25) is 4.79 Å². The lowest BCUT2D eigenvalue weighted by Gasteiger charge is -2.14. The van der Waals surface area contributed by atoms with E-state index < -0.39 is 6.09 Å². The van der Waals surface area contributed by atoms with Crippen LogP contribution in [-0.2, 0) is 12.8 Å². The Hall–Kier alpha value is -1.78. The van der Waals surface area contributed by atoms with Gasteiger partial charge in [0.15, 0.2) is 0 Å². The van der Waals surface area contributed by atoms with Gasteiger partial charge in [0, 0.05) is 31.3 Å². The SMILES string of the molecule is O=C(O)N1CCc2ccc(=O)[nH]c2CC1. The van der Waals surface area contributed by atoms with Crippen LogP contribution in [0, 0.1) is 0 Å². The molecule has 0 saturated heterocycles. The maximum Gasteiger partial charge on any atom is 0.407 e. The summed E-state index contributed by atoms with van der Waals surface area (Å²) in [5.74, 6) is 0. The molecule has 1 aliphatic heterocycles. The molecular weight excluding hydrogens is 196 g/mol. The number of carboxylic acid groups (broad SMARTS) is 1. The molecule has 0 bridgehead atoms. The van der Waals surface area contributed by atoms with E-state index in [4.69, 9.17) is 5.11 Å². The number of hydrogen-bond acceptors (Lipinski definition) is 2. The van der Waals surface area contributed by atoms with Crippen molar-refractivity contribution >= 4 is 6.09 Å². The predicted octanol–water partition coefficient (Wildman–Crippen LogP) is 0.454. The second kappa shape index (κ2) is 3.76. The van der Waals surface area contributed by atoms with Gasteiger partial charge in [0.05, 0.1) is 0 Å². The molecule has 1 aromatic heterocycles. The highest BCUT2D eigenvalue weighted by Gasteiger charge is 2.17. The Kier molecular flexibility index (Phi) is 2.45. The van der Waals surface area contributed by atoms with Crippen LogP contribution in [0.4, 0.5) is 4.79 Å². The van der Waals surface area contributed by atoms with Gasteiger partial charge in [-0.15, -0.1) is 0 Å². The highest BCUT2D eigenvalue weighted by Crippen LogP contribution is 2.11. The first kappa shape index (κ1) is 9.76. The molecule has 0 fully saturated rings. The number of fused-ring (bicyclic) bond motifs is 1.